The van der Waals surface area contributed by atoms with Crippen LogP contribution in [0, 0.1) is 12.7 Å². The van der Waals surface area contributed by atoms with Crippen LogP contribution in [0.4, 0.5) is 10.2 Å². The zero-order chi connectivity index (χ0) is 19.7. The van der Waals surface area contributed by atoms with E-state index in [0.717, 1.165) is 28.0 Å². The maximum Gasteiger partial charge on any atom is 0.256 e. The lowest BCUT2D eigenvalue weighted by Crippen LogP contribution is -2.49. The van der Waals surface area contributed by atoms with E-state index < -0.39 is 5.82 Å². The summed E-state index contributed by atoms with van der Waals surface area (Å²) in [6.45, 7) is 4.40. The van der Waals surface area contributed by atoms with Gasteiger partial charge in [-0.3, -0.25) is 4.79 Å². The Kier molecular flexibility index (Phi) is 4.86. The predicted molar refractivity (Wildman–Crippen MR) is 108 cm³/mol. The molecule has 144 valence electrons. The number of aromatic nitrogens is 1. The van der Waals surface area contributed by atoms with Gasteiger partial charge in [0.2, 0.25) is 0 Å². The largest absolute Gasteiger partial charge is 0.494 e. The van der Waals surface area contributed by atoms with Gasteiger partial charge in [-0.2, -0.15) is 0 Å². The molecule has 5 nitrogen and oxygen atoms in total. The minimum absolute atomic E-state index is 0.125. The maximum atomic E-state index is 13.9. The van der Waals surface area contributed by atoms with E-state index in [1.807, 2.05) is 18.2 Å². The summed E-state index contributed by atoms with van der Waals surface area (Å²) >= 11 is 0. The lowest BCUT2D eigenvalue weighted by molar-refractivity contribution is 0.0742. The number of ether oxygens (including phenoxy) is 1. The van der Waals surface area contributed by atoms with E-state index >= 15 is 0 Å². The number of methoxy groups -OCH3 is 1. The fraction of sp³-hybridized carbons (Fsp3) is 0.273. The summed E-state index contributed by atoms with van der Waals surface area (Å²) in [5.41, 5.74) is 2.09. The summed E-state index contributed by atoms with van der Waals surface area (Å²) in [6, 6.07) is 14.1. The van der Waals surface area contributed by atoms with Crippen molar-refractivity contribution >= 4 is 22.6 Å². The van der Waals surface area contributed by atoms with Gasteiger partial charge in [0.25, 0.3) is 5.91 Å². The molecule has 0 N–H and O–H groups in total. The van der Waals surface area contributed by atoms with Crippen molar-refractivity contribution in [1.82, 2.24) is 9.88 Å². The molecule has 0 bridgehead atoms. The first-order chi connectivity index (χ1) is 13.6. The molecule has 1 aliphatic rings. The highest BCUT2D eigenvalue weighted by Crippen LogP contribution is 2.29. The van der Waals surface area contributed by atoms with Crippen LogP contribution in [0.1, 0.15) is 15.9 Å². The first kappa shape index (κ1) is 18.2. The van der Waals surface area contributed by atoms with Crippen molar-refractivity contribution in [2.45, 2.75) is 6.92 Å². The first-order valence-electron chi connectivity index (χ1n) is 9.31. The summed E-state index contributed by atoms with van der Waals surface area (Å²) in [6.07, 6.45) is 0. The van der Waals surface area contributed by atoms with Crippen LogP contribution in [0.3, 0.4) is 0 Å². The third kappa shape index (κ3) is 3.26. The highest BCUT2D eigenvalue weighted by atomic mass is 19.1. The molecule has 0 spiro atoms. The SMILES string of the molecule is COc1cccc2c(C)cc(N3CCN(C(=O)c4ccccc4F)CC3)nc12. The van der Waals surface area contributed by atoms with Gasteiger partial charge >= 0.3 is 0 Å². The van der Waals surface area contributed by atoms with Crippen molar-refractivity contribution in [3.8, 4) is 5.75 Å². The molecule has 0 radical (unpaired) electrons. The Hall–Kier alpha value is -3.15. The van der Waals surface area contributed by atoms with Crippen LogP contribution >= 0.6 is 0 Å². The lowest BCUT2D eigenvalue weighted by Gasteiger charge is -2.35. The maximum absolute atomic E-state index is 13.9. The van der Waals surface area contributed by atoms with Crippen molar-refractivity contribution in [2.24, 2.45) is 0 Å². The van der Waals surface area contributed by atoms with Gasteiger partial charge in [0.15, 0.2) is 0 Å². The Morgan fingerprint density at radius 3 is 2.54 bits per heavy atom. The Bertz CT molecular complexity index is 1030. The average molecular weight is 379 g/mol. The molecule has 3 aromatic rings. The number of pyridine rings is 1. The topological polar surface area (TPSA) is 45.7 Å². The summed E-state index contributed by atoms with van der Waals surface area (Å²) < 4.78 is 19.4. The normalized spacial score (nSPS) is 14.4. The molecule has 1 aromatic heterocycles. The third-order valence-corrected chi connectivity index (χ3v) is 5.21. The lowest BCUT2D eigenvalue weighted by atomic mass is 10.1. The van der Waals surface area contributed by atoms with Gasteiger partial charge in [-0.1, -0.05) is 24.3 Å². The molecule has 0 atom stereocenters. The zero-order valence-corrected chi connectivity index (χ0v) is 16.0. The van der Waals surface area contributed by atoms with Gasteiger partial charge in [0.05, 0.1) is 12.7 Å². The van der Waals surface area contributed by atoms with E-state index in [-0.39, 0.29) is 11.5 Å². The fourth-order valence-electron chi connectivity index (χ4n) is 3.64. The molecule has 0 aliphatic carbocycles. The molecule has 0 saturated carbocycles. The number of carbonyl (C=O) groups excluding carboxylic acids is 1. The van der Waals surface area contributed by atoms with Crippen LogP contribution in [0.25, 0.3) is 10.9 Å². The number of halogens is 1. The van der Waals surface area contributed by atoms with E-state index in [0.29, 0.717) is 26.2 Å². The first-order valence-corrected chi connectivity index (χ1v) is 9.31. The van der Waals surface area contributed by atoms with Gasteiger partial charge in [0, 0.05) is 31.6 Å². The molecule has 4 rings (SSSR count). The summed E-state index contributed by atoms with van der Waals surface area (Å²) in [4.78, 5) is 21.3. The number of nitrogens with zero attached hydrogens (tertiary/aromatic N) is 3. The minimum atomic E-state index is -0.478. The van der Waals surface area contributed by atoms with E-state index in [9.17, 15) is 9.18 Å². The number of piperazine rings is 1. The van der Waals surface area contributed by atoms with Gasteiger partial charge in [-0.05, 0) is 36.8 Å². The molecule has 0 unspecified atom stereocenters. The second-order valence-electron chi connectivity index (χ2n) is 6.91. The van der Waals surface area contributed by atoms with Crippen molar-refractivity contribution < 1.29 is 13.9 Å². The van der Waals surface area contributed by atoms with Gasteiger partial charge in [-0.15, -0.1) is 0 Å². The second-order valence-corrected chi connectivity index (χ2v) is 6.91. The number of aryl methyl sites for hydroxylation is 1. The average Bonchev–Trinajstić information content (AvgIpc) is 2.73. The number of benzene rings is 2. The molecule has 1 amide bonds. The molecular formula is C22H22FN3O2. The van der Waals surface area contributed by atoms with E-state index in [4.69, 9.17) is 9.72 Å². The van der Waals surface area contributed by atoms with Gasteiger partial charge in [-0.25, -0.2) is 9.37 Å². The number of hydrogen-bond acceptors (Lipinski definition) is 4. The molecular weight excluding hydrogens is 357 g/mol. The quantitative estimate of drug-likeness (QED) is 0.697. The Morgan fingerprint density at radius 1 is 1.07 bits per heavy atom. The number of hydrogen-bond donors (Lipinski definition) is 0. The number of amides is 1. The fourth-order valence-corrected chi connectivity index (χ4v) is 3.64. The number of anilines is 1. The molecule has 2 aromatic carbocycles. The Labute approximate surface area is 163 Å². The van der Waals surface area contributed by atoms with E-state index in [2.05, 4.69) is 17.9 Å². The predicted octanol–water partition coefficient (Wildman–Crippen LogP) is 3.65. The molecule has 6 heteroatoms. The number of para-hydroxylation sites is 1. The molecule has 1 aliphatic heterocycles. The van der Waals surface area contributed by atoms with Crippen molar-refractivity contribution in [1.29, 1.82) is 0 Å². The smallest absolute Gasteiger partial charge is 0.256 e. The van der Waals surface area contributed by atoms with Crippen LogP contribution in [-0.2, 0) is 0 Å². The van der Waals surface area contributed by atoms with Gasteiger partial charge < -0.3 is 14.5 Å². The second kappa shape index (κ2) is 7.46. The minimum Gasteiger partial charge on any atom is -0.494 e. The molecule has 28 heavy (non-hydrogen) atoms. The monoisotopic (exact) mass is 379 g/mol. The van der Waals surface area contributed by atoms with E-state index in [1.165, 1.54) is 12.1 Å². The van der Waals surface area contributed by atoms with Crippen LogP contribution in [-0.4, -0.2) is 49.1 Å². The highest BCUT2D eigenvalue weighted by molar-refractivity contribution is 5.94. The van der Waals surface area contributed by atoms with Crippen LogP contribution in [0.2, 0.25) is 0 Å². The Balaban J connectivity index is 1.54. The zero-order valence-electron chi connectivity index (χ0n) is 16.0. The third-order valence-electron chi connectivity index (χ3n) is 5.21. The number of carbonyl (C=O) groups is 1. The Morgan fingerprint density at radius 2 is 1.82 bits per heavy atom. The van der Waals surface area contributed by atoms with Crippen molar-refractivity contribution in [3.05, 3.63) is 65.5 Å². The summed E-state index contributed by atoms with van der Waals surface area (Å²) in [5.74, 6) is 0.874. The standard InChI is InChI=1S/C22H22FN3O2/c1-15-14-20(24-21-16(15)7-5-9-19(21)28-2)25-10-12-26(13-11-25)22(27)17-6-3-4-8-18(17)23/h3-9,14H,10-13H2,1-2H3. The van der Waals surface area contributed by atoms with Crippen molar-refractivity contribution in [2.75, 3.05) is 38.2 Å². The number of rotatable bonds is 3. The van der Waals surface area contributed by atoms with E-state index in [1.54, 1.807) is 24.1 Å². The summed E-state index contributed by atoms with van der Waals surface area (Å²) in [5, 5.41) is 1.07. The molecule has 2 heterocycles. The molecule has 1 fully saturated rings. The highest BCUT2D eigenvalue weighted by Gasteiger charge is 2.25. The molecule has 1 saturated heterocycles. The number of fused-ring (bicyclic) bond motifs is 1. The van der Waals surface area contributed by atoms with Gasteiger partial charge in [0.1, 0.15) is 22.9 Å². The van der Waals surface area contributed by atoms with Crippen LogP contribution < -0.4 is 9.64 Å². The summed E-state index contributed by atoms with van der Waals surface area (Å²) in [7, 11) is 1.64. The van der Waals surface area contributed by atoms with Crippen molar-refractivity contribution in [3.63, 3.8) is 0 Å². The van der Waals surface area contributed by atoms with Crippen LogP contribution in [0.15, 0.2) is 48.5 Å². The van der Waals surface area contributed by atoms with Crippen LogP contribution in [0.5, 0.6) is 5.75 Å².